The fourth-order valence-corrected chi connectivity index (χ4v) is 3.32. The standard InChI is InChI=1S/C22H26N2O4/c1-2-27-22(26)17-8-7-13-24(15-17)16-21(25)23-18-9-6-12-20(14-18)28-19-10-4-3-5-11-19/h3-6,9-12,14,17H,2,7-8,13,15-16H2,1H3,(H,23,25). The molecule has 1 saturated heterocycles. The van der Waals surface area contributed by atoms with Crippen LogP contribution in [0.15, 0.2) is 54.6 Å². The lowest BCUT2D eigenvalue weighted by Gasteiger charge is -2.30. The molecule has 1 amide bonds. The van der Waals surface area contributed by atoms with Gasteiger partial charge in [0, 0.05) is 18.3 Å². The molecule has 6 nitrogen and oxygen atoms in total. The third-order valence-electron chi connectivity index (χ3n) is 4.59. The molecule has 0 spiro atoms. The minimum Gasteiger partial charge on any atom is -0.466 e. The average molecular weight is 382 g/mol. The van der Waals surface area contributed by atoms with Crippen molar-refractivity contribution in [1.29, 1.82) is 0 Å². The third-order valence-corrected chi connectivity index (χ3v) is 4.59. The van der Waals surface area contributed by atoms with Gasteiger partial charge in [-0.1, -0.05) is 24.3 Å². The van der Waals surface area contributed by atoms with Crippen LogP contribution in [0.5, 0.6) is 11.5 Å². The molecule has 0 aromatic heterocycles. The van der Waals surface area contributed by atoms with Crippen LogP contribution < -0.4 is 10.1 Å². The van der Waals surface area contributed by atoms with Crippen molar-refractivity contribution < 1.29 is 19.1 Å². The Hall–Kier alpha value is -2.86. The Morgan fingerprint density at radius 1 is 1.11 bits per heavy atom. The zero-order chi connectivity index (χ0) is 19.8. The summed E-state index contributed by atoms with van der Waals surface area (Å²) < 4.78 is 10.9. The van der Waals surface area contributed by atoms with E-state index in [-0.39, 0.29) is 24.3 Å². The maximum Gasteiger partial charge on any atom is 0.310 e. The number of ether oxygens (including phenoxy) is 2. The van der Waals surface area contributed by atoms with E-state index in [1.54, 1.807) is 6.07 Å². The summed E-state index contributed by atoms with van der Waals surface area (Å²) in [6, 6.07) is 16.8. The number of carbonyl (C=O) groups is 2. The van der Waals surface area contributed by atoms with E-state index in [1.165, 1.54) is 0 Å². The number of anilines is 1. The number of likely N-dealkylation sites (tertiary alicyclic amines) is 1. The highest BCUT2D eigenvalue weighted by Gasteiger charge is 2.27. The van der Waals surface area contributed by atoms with Gasteiger partial charge in [0.05, 0.1) is 19.1 Å². The van der Waals surface area contributed by atoms with E-state index in [0.717, 1.165) is 25.1 Å². The van der Waals surface area contributed by atoms with Crippen LogP contribution in [0.25, 0.3) is 0 Å². The lowest BCUT2D eigenvalue weighted by molar-refractivity contribution is -0.150. The summed E-state index contributed by atoms with van der Waals surface area (Å²) >= 11 is 0. The third kappa shape index (κ3) is 5.82. The van der Waals surface area contributed by atoms with Crippen LogP contribution in [-0.4, -0.2) is 43.0 Å². The molecule has 0 aliphatic carbocycles. The fourth-order valence-electron chi connectivity index (χ4n) is 3.32. The van der Waals surface area contributed by atoms with E-state index in [9.17, 15) is 9.59 Å². The van der Waals surface area contributed by atoms with Gasteiger partial charge in [-0.3, -0.25) is 14.5 Å². The molecule has 1 fully saturated rings. The summed E-state index contributed by atoms with van der Waals surface area (Å²) in [4.78, 5) is 26.4. The molecule has 6 heteroatoms. The first kappa shape index (κ1) is 19.9. The van der Waals surface area contributed by atoms with Crippen LogP contribution in [0, 0.1) is 5.92 Å². The second-order valence-electron chi connectivity index (χ2n) is 6.82. The number of esters is 1. The molecule has 3 rings (SSSR count). The van der Waals surface area contributed by atoms with Crippen LogP contribution in [0.3, 0.4) is 0 Å². The monoisotopic (exact) mass is 382 g/mol. The van der Waals surface area contributed by atoms with Gasteiger partial charge in [-0.2, -0.15) is 0 Å². The summed E-state index contributed by atoms with van der Waals surface area (Å²) in [6.45, 7) is 3.81. The maximum atomic E-state index is 12.4. The minimum atomic E-state index is -0.168. The van der Waals surface area contributed by atoms with Crippen molar-refractivity contribution in [2.75, 3.05) is 31.6 Å². The molecule has 1 N–H and O–H groups in total. The number of piperidine rings is 1. The minimum absolute atomic E-state index is 0.110. The van der Waals surface area contributed by atoms with E-state index in [4.69, 9.17) is 9.47 Å². The molecular formula is C22H26N2O4. The van der Waals surface area contributed by atoms with Crippen molar-refractivity contribution in [3.63, 3.8) is 0 Å². The second-order valence-corrected chi connectivity index (χ2v) is 6.82. The molecule has 148 valence electrons. The number of carbonyl (C=O) groups excluding carboxylic acids is 2. The van der Waals surface area contributed by atoms with Crippen LogP contribution >= 0.6 is 0 Å². The summed E-state index contributed by atoms with van der Waals surface area (Å²) in [7, 11) is 0. The van der Waals surface area contributed by atoms with Gasteiger partial charge in [0.25, 0.3) is 0 Å². The van der Waals surface area contributed by atoms with Gasteiger partial charge >= 0.3 is 5.97 Å². The molecule has 28 heavy (non-hydrogen) atoms. The lowest BCUT2D eigenvalue weighted by atomic mass is 9.98. The Morgan fingerprint density at radius 2 is 1.89 bits per heavy atom. The first-order valence-corrected chi connectivity index (χ1v) is 9.66. The first-order chi connectivity index (χ1) is 13.6. The Bertz CT molecular complexity index is 794. The molecule has 0 radical (unpaired) electrons. The summed E-state index contributed by atoms with van der Waals surface area (Å²) in [6.07, 6.45) is 1.70. The van der Waals surface area contributed by atoms with Crippen LogP contribution in [0.4, 0.5) is 5.69 Å². The first-order valence-electron chi connectivity index (χ1n) is 9.66. The number of para-hydroxylation sites is 1. The van der Waals surface area contributed by atoms with Crippen molar-refractivity contribution in [3.05, 3.63) is 54.6 Å². The normalized spacial score (nSPS) is 17.0. The van der Waals surface area contributed by atoms with Crippen molar-refractivity contribution in [1.82, 2.24) is 4.90 Å². The SMILES string of the molecule is CCOC(=O)C1CCCN(CC(=O)Nc2cccc(Oc3ccccc3)c2)C1. The van der Waals surface area contributed by atoms with Gasteiger partial charge in [0.1, 0.15) is 11.5 Å². The van der Waals surface area contributed by atoms with Gasteiger partial charge in [-0.25, -0.2) is 0 Å². The highest BCUT2D eigenvalue weighted by molar-refractivity contribution is 5.92. The number of nitrogens with one attached hydrogen (secondary N) is 1. The molecule has 2 aromatic carbocycles. The lowest BCUT2D eigenvalue weighted by Crippen LogP contribution is -2.43. The highest BCUT2D eigenvalue weighted by Crippen LogP contribution is 2.24. The van der Waals surface area contributed by atoms with Crippen molar-refractivity contribution in [2.24, 2.45) is 5.92 Å². The molecule has 1 aliphatic rings. The molecule has 1 heterocycles. The molecule has 1 unspecified atom stereocenters. The van der Waals surface area contributed by atoms with Crippen LogP contribution in [0.2, 0.25) is 0 Å². The molecular weight excluding hydrogens is 356 g/mol. The number of benzene rings is 2. The smallest absolute Gasteiger partial charge is 0.310 e. The maximum absolute atomic E-state index is 12.4. The Morgan fingerprint density at radius 3 is 2.68 bits per heavy atom. The average Bonchev–Trinajstić information content (AvgIpc) is 2.69. The van der Waals surface area contributed by atoms with Gasteiger partial charge in [-0.15, -0.1) is 0 Å². The van der Waals surface area contributed by atoms with Gasteiger partial charge in [-0.05, 0) is 50.6 Å². The van der Waals surface area contributed by atoms with E-state index < -0.39 is 0 Å². The fraction of sp³-hybridized carbons (Fsp3) is 0.364. The van der Waals surface area contributed by atoms with Gasteiger partial charge < -0.3 is 14.8 Å². The predicted molar refractivity (Wildman–Crippen MR) is 107 cm³/mol. The van der Waals surface area contributed by atoms with E-state index >= 15 is 0 Å². The van der Waals surface area contributed by atoms with Crippen molar-refractivity contribution >= 4 is 17.6 Å². The zero-order valence-corrected chi connectivity index (χ0v) is 16.1. The molecule has 2 aromatic rings. The predicted octanol–water partition coefficient (Wildman–Crippen LogP) is 3.69. The molecule has 0 saturated carbocycles. The van der Waals surface area contributed by atoms with Gasteiger partial charge in [0.2, 0.25) is 5.91 Å². The Kier molecular flexibility index (Phi) is 7.03. The molecule has 1 aliphatic heterocycles. The number of amides is 1. The number of hydrogen-bond acceptors (Lipinski definition) is 5. The quantitative estimate of drug-likeness (QED) is 0.740. The number of hydrogen-bond donors (Lipinski definition) is 1. The zero-order valence-electron chi connectivity index (χ0n) is 16.1. The summed E-state index contributed by atoms with van der Waals surface area (Å²) in [5.74, 6) is 0.970. The highest BCUT2D eigenvalue weighted by atomic mass is 16.5. The van der Waals surface area contributed by atoms with Crippen LogP contribution in [0.1, 0.15) is 19.8 Å². The van der Waals surface area contributed by atoms with E-state index in [1.807, 2.05) is 60.4 Å². The number of rotatable bonds is 7. The topological polar surface area (TPSA) is 67.9 Å². The van der Waals surface area contributed by atoms with Crippen LogP contribution in [-0.2, 0) is 14.3 Å². The van der Waals surface area contributed by atoms with Gasteiger partial charge in [0.15, 0.2) is 0 Å². The van der Waals surface area contributed by atoms with E-state index in [2.05, 4.69) is 5.32 Å². The van der Waals surface area contributed by atoms with E-state index in [0.29, 0.717) is 24.6 Å². The number of nitrogens with zero attached hydrogens (tertiary/aromatic N) is 1. The Labute approximate surface area is 165 Å². The van der Waals surface area contributed by atoms with Crippen molar-refractivity contribution in [3.8, 4) is 11.5 Å². The summed E-state index contributed by atoms with van der Waals surface area (Å²) in [5, 5.41) is 2.91. The molecule has 0 bridgehead atoms. The second kappa shape index (κ2) is 9.90. The largest absolute Gasteiger partial charge is 0.466 e. The summed E-state index contributed by atoms with van der Waals surface area (Å²) in [5.41, 5.74) is 0.678. The Balaban J connectivity index is 1.53. The van der Waals surface area contributed by atoms with Crippen molar-refractivity contribution in [2.45, 2.75) is 19.8 Å². The molecule has 1 atom stereocenters.